The van der Waals surface area contributed by atoms with Crippen LogP contribution in [0.2, 0.25) is 0 Å². The molecule has 6 atom stereocenters. The number of hydrogen-bond acceptors (Lipinski definition) is 5. The van der Waals surface area contributed by atoms with Crippen molar-refractivity contribution in [2.24, 2.45) is 17.8 Å². The predicted octanol–water partition coefficient (Wildman–Crippen LogP) is 4.33. The third-order valence-corrected chi connectivity index (χ3v) is 10.3. The molecule has 0 aromatic heterocycles. The van der Waals surface area contributed by atoms with Crippen LogP contribution < -0.4 is 4.90 Å². The van der Waals surface area contributed by atoms with Crippen LogP contribution in [0.15, 0.2) is 55.6 Å². The molecule has 2 unspecified atom stereocenters. The molecule has 0 radical (unpaired) electrons. The van der Waals surface area contributed by atoms with Gasteiger partial charge in [0.2, 0.25) is 17.7 Å². The number of para-hydroxylation sites is 1. The van der Waals surface area contributed by atoms with Gasteiger partial charge < -0.3 is 24.5 Å². The van der Waals surface area contributed by atoms with Gasteiger partial charge in [0.25, 0.3) is 0 Å². The number of rotatable bonds is 11. The summed E-state index contributed by atoms with van der Waals surface area (Å²) in [5, 5.41) is 10.6. The minimum Gasteiger partial charge on any atom is -0.394 e. The summed E-state index contributed by atoms with van der Waals surface area (Å²) in [6.07, 6.45) is 9.61. The van der Waals surface area contributed by atoms with E-state index in [0.717, 1.165) is 37.8 Å². The van der Waals surface area contributed by atoms with Crippen LogP contribution in [0.25, 0.3) is 0 Å². The summed E-state index contributed by atoms with van der Waals surface area (Å²) in [4.78, 5) is 49.2. The number of hydrogen-bond donors (Lipinski definition) is 1. The number of aliphatic hydroxyl groups is 1. The quantitative estimate of drug-likeness (QED) is 0.396. The van der Waals surface area contributed by atoms with Crippen molar-refractivity contribution in [3.05, 3.63) is 55.6 Å². The lowest BCUT2D eigenvalue weighted by Crippen LogP contribution is -2.61. The number of carbonyl (C=O) groups excluding carboxylic acids is 3. The molecule has 8 heteroatoms. The molecule has 42 heavy (non-hydrogen) atoms. The molecule has 2 bridgehead atoms. The Labute approximate surface area is 250 Å². The van der Waals surface area contributed by atoms with Crippen LogP contribution in [0, 0.1) is 17.8 Å². The van der Waals surface area contributed by atoms with Gasteiger partial charge in [-0.15, -0.1) is 13.2 Å². The number of ether oxygens (including phenoxy) is 1. The van der Waals surface area contributed by atoms with Crippen molar-refractivity contribution in [2.45, 2.75) is 95.0 Å². The number of anilines is 1. The zero-order valence-corrected chi connectivity index (χ0v) is 25.4. The van der Waals surface area contributed by atoms with Crippen molar-refractivity contribution in [3.8, 4) is 0 Å². The van der Waals surface area contributed by atoms with Gasteiger partial charge >= 0.3 is 0 Å². The zero-order chi connectivity index (χ0) is 30.2. The van der Waals surface area contributed by atoms with Crippen LogP contribution in [0.3, 0.4) is 0 Å². The number of likely N-dealkylation sites (tertiary alicyclic amines) is 1. The van der Waals surface area contributed by atoms with E-state index in [2.05, 4.69) is 13.2 Å². The average Bonchev–Trinajstić information content (AvgIpc) is 3.56. The third-order valence-electron chi connectivity index (χ3n) is 10.3. The minimum absolute atomic E-state index is 0.0658. The van der Waals surface area contributed by atoms with Gasteiger partial charge in [0, 0.05) is 24.8 Å². The molecule has 8 nitrogen and oxygen atoms in total. The first-order chi connectivity index (χ1) is 20.1. The SMILES string of the molecule is C=CCN(C(=O)[C@H]1[C@H]2C(=O)N([C@@H](CO)C(C)C)C(C(=O)N(CC=C)C3CCCCC3)C23CC[C@]1(C)O3)c1ccccc1. The summed E-state index contributed by atoms with van der Waals surface area (Å²) in [7, 11) is 0. The van der Waals surface area contributed by atoms with Crippen LogP contribution in [0.1, 0.15) is 65.7 Å². The highest BCUT2D eigenvalue weighted by molar-refractivity contribution is 6.03. The molecule has 228 valence electrons. The highest BCUT2D eigenvalue weighted by atomic mass is 16.5. The second-order valence-corrected chi connectivity index (χ2v) is 13.1. The van der Waals surface area contributed by atoms with E-state index >= 15 is 0 Å². The maximum atomic E-state index is 14.8. The Balaban J connectivity index is 1.61. The summed E-state index contributed by atoms with van der Waals surface area (Å²) >= 11 is 0. The van der Waals surface area contributed by atoms with Crippen molar-refractivity contribution in [3.63, 3.8) is 0 Å². The molecule has 1 aromatic carbocycles. The number of amides is 3. The van der Waals surface area contributed by atoms with Gasteiger partial charge in [-0.3, -0.25) is 14.4 Å². The van der Waals surface area contributed by atoms with E-state index in [1.807, 2.05) is 56.0 Å². The first-order valence-electron chi connectivity index (χ1n) is 15.7. The normalized spacial score (nSPS) is 31.2. The van der Waals surface area contributed by atoms with Crippen molar-refractivity contribution in [1.29, 1.82) is 0 Å². The number of fused-ring (bicyclic) bond motifs is 1. The molecule has 3 aliphatic heterocycles. The summed E-state index contributed by atoms with van der Waals surface area (Å²) < 4.78 is 6.90. The summed E-state index contributed by atoms with van der Waals surface area (Å²) in [6, 6.07) is 7.98. The number of carbonyl (C=O) groups is 3. The second kappa shape index (κ2) is 12.0. The van der Waals surface area contributed by atoms with Crippen LogP contribution in [0.5, 0.6) is 0 Å². The molecule has 4 fully saturated rings. The molecule has 4 aliphatic rings. The van der Waals surface area contributed by atoms with Gasteiger partial charge in [-0.1, -0.05) is 63.5 Å². The molecule has 5 rings (SSSR count). The van der Waals surface area contributed by atoms with Crippen LogP contribution in [0.4, 0.5) is 5.69 Å². The largest absolute Gasteiger partial charge is 0.394 e. The van der Waals surface area contributed by atoms with Crippen LogP contribution in [-0.4, -0.2) is 81.7 Å². The summed E-state index contributed by atoms with van der Waals surface area (Å²) in [5.41, 5.74) is -1.31. The van der Waals surface area contributed by atoms with Crippen molar-refractivity contribution in [1.82, 2.24) is 9.80 Å². The first-order valence-corrected chi connectivity index (χ1v) is 15.7. The van der Waals surface area contributed by atoms with E-state index < -0.39 is 35.1 Å². The van der Waals surface area contributed by atoms with Gasteiger partial charge in [-0.25, -0.2) is 0 Å². The zero-order valence-electron chi connectivity index (χ0n) is 25.4. The monoisotopic (exact) mass is 577 g/mol. The molecule has 1 N–H and O–H groups in total. The maximum Gasteiger partial charge on any atom is 0.248 e. The van der Waals surface area contributed by atoms with E-state index in [9.17, 15) is 19.5 Å². The summed E-state index contributed by atoms with van der Waals surface area (Å²) in [5.74, 6) is -2.31. The Morgan fingerprint density at radius 2 is 1.74 bits per heavy atom. The van der Waals surface area contributed by atoms with Crippen molar-refractivity contribution in [2.75, 3.05) is 24.6 Å². The molecule has 1 aromatic rings. The fourth-order valence-electron chi connectivity index (χ4n) is 8.33. The standard InChI is InChI=1S/C34H47N3O5/c1-6-20-35(24-14-10-8-11-15-24)30(39)27-28-31(40)37(26(22-38)23(3)4)29(34(28)19-18-33(27,5)42-34)32(41)36(21-7-2)25-16-12-9-13-17-25/h6-8,10-11,14-15,23,25-29,38H,1-2,9,12-13,16-22H2,3-5H3/t26-,27+,28-,29?,33-,34?/m0/s1. The number of nitrogens with zero attached hydrogens (tertiary/aromatic N) is 3. The maximum absolute atomic E-state index is 14.8. The molecule has 3 heterocycles. The third kappa shape index (κ3) is 4.80. The molecular formula is C34H47N3O5. The highest BCUT2D eigenvalue weighted by Crippen LogP contribution is 2.64. The van der Waals surface area contributed by atoms with Crippen LogP contribution in [-0.2, 0) is 19.1 Å². The fraction of sp³-hybridized carbons (Fsp3) is 0.618. The predicted molar refractivity (Wildman–Crippen MR) is 163 cm³/mol. The van der Waals surface area contributed by atoms with E-state index in [-0.39, 0.29) is 42.8 Å². The lowest BCUT2D eigenvalue weighted by atomic mass is 9.66. The lowest BCUT2D eigenvalue weighted by molar-refractivity contribution is -0.157. The Hall–Kier alpha value is -2.97. The Morgan fingerprint density at radius 3 is 2.33 bits per heavy atom. The lowest BCUT2D eigenvalue weighted by Gasteiger charge is -2.43. The Morgan fingerprint density at radius 1 is 1.07 bits per heavy atom. The van der Waals surface area contributed by atoms with E-state index in [1.54, 1.807) is 22.0 Å². The fourth-order valence-corrected chi connectivity index (χ4v) is 8.33. The van der Waals surface area contributed by atoms with Gasteiger partial charge in [0.15, 0.2) is 0 Å². The molecule has 3 saturated heterocycles. The summed E-state index contributed by atoms with van der Waals surface area (Å²) in [6.45, 7) is 14.0. The first kappa shape index (κ1) is 30.5. The molecule has 1 spiro atoms. The topological polar surface area (TPSA) is 90.4 Å². The second-order valence-electron chi connectivity index (χ2n) is 13.1. The molecule has 1 aliphatic carbocycles. The highest BCUT2D eigenvalue weighted by Gasteiger charge is 2.79. The molecule has 3 amide bonds. The van der Waals surface area contributed by atoms with Gasteiger partial charge in [-0.2, -0.15) is 0 Å². The van der Waals surface area contributed by atoms with E-state index in [1.165, 1.54) is 0 Å². The smallest absolute Gasteiger partial charge is 0.248 e. The van der Waals surface area contributed by atoms with Crippen LogP contribution >= 0.6 is 0 Å². The molecule has 1 saturated carbocycles. The van der Waals surface area contributed by atoms with Crippen molar-refractivity contribution >= 4 is 23.4 Å². The Kier molecular flexibility index (Phi) is 8.68. The van der Waals surface area contributed by atoms with Gasteiger partial charge in [-0.05, 0) is 50.7 Å². The average molecular weight is 578 g/mol. The molecular weight excluding hydrogens is 530 g/mol. The minimum atomic E-state index is -1.14. The van der Waals surface area contributed by atoms with Crippen molar-refractivity contribution < 1.29 is 24.2 Å². The van der Waals surface area contributed by atoms with Gasteiger partial charge in [0.05, 0.1) is 30.1 Å². The van der Waals surface area contributed by atoms with Gasteiger partial charge in [0.1, 0.15) is 11.6 Å². The number of aliphatic hydroxyl groups excluding tert-OH is 1. The Bertz CT molecular complexity index is 1200. The van der Waals surface area contributed by atoms with E-state index in [4.69, 9.17) is 4.74 Å². The number of benzene rings is 1. The van der Waals surface area contributed by atoms with E-state index in [0.29, 0.717) is 19.4 Å².